The highest BCUT2D eigenvalue weighted by atomic mass is 32.1. The molecule has 0 aliphatic carbocycles. The molecular weight excluding hydrogens is 241 g/mol. The summed E-state index contributed by atoms with van der Waals surface area (Å²) in [5, 5.41) is 3.10. The minimum Gasteiger partial charge on any atom is -0.398 e. The topological polar surface area (TPSA) is 68.0 Å². The van der Waals surface area contributed by atoms with Crippen LogP contribution in [0.3, 0.4) is 0 Å². The molecule has 1 aromatic heterocycles. The van der Waals surface area contributed by atoms with Gasteiger partial charge in [-0.25, -0.2) is 9.37 Å². The highest BCUT2D eigenvalue weighted by Crippen LogP contribution is 2.19. The van der Waals surface area contributed by atoms with Crippen LogP contribution in [-0.4, -0.2) is 10.9 Å². The molecule has 2 aromatic rings. The fraction of sp³-hybridized carbons (Fsp3) is 0.0909. The molecule has 1 amide bonds. The van der Waals surface area contributed by atoms with Crippen LogP contribution in [0.5, 0.6) is 0 Å². The number of carbonyl (C=O) groups excluding carboxylic acids is 1. The lowest BCUT2D eigenvalue weighted by atomic mass is 10.1. The zero-order valence-electron chi connectivity index (χ0n) is 9.03. The zero-order valence-corrected chi connectivity index (χ0v) is 9.84. The van der Waals surface area contributed by atoms with Gasteiger partial charge in [0.1, 0.15) is 5.82 Å². The van der Waals surface area contributed by atoms with E-state index in [1.807, 2.05) is 6.92 Å². The first-order valence-electron chi connectivity index (χ1n) is 4.85. The van der Waals surface area contributed by atoms with Crippen molar-refractivity contribution in [3.05, 3.63) is 40.7 Å². The lowest BCUT2D eigenvalue weighted by Gasteiger charge is -2.04. The molecule has 0 spiro atoms. The fourth-order valence-corrected chi connectivity index (χ4v) is 1.98. The molecule has 0 saturated carbocycles. The number of aryl methyl sites for hydroxylation is 1. The maximum Gasteiger partial charge on any atom is 0.259 e. The number of benzene rings is 1. The zero-order chi connectivity index (χ0) is 12.4. The van der Waals surface area contributed by atoms with Gasteiger partial charge in [-0.05, 0) is 25.1 Å². The summed E-state index contributed by atoms with van der Waals surface area (Å²) < 4.78 is 12.8. The smallest absolute Gasteiger partial charge is 0.259 e. The fourth-order valence-electron chi connectivity index (χ4n) is 1.32. The third-order valence-electron chi connectivity index (χ3n) is 2.10. The van der Waals surface area contributed by atoms with Gasteiger partial charge in [-0.2, -0.15) is 0 Å². The van der Waals surface area contributed by atoms with Crippen molar-refractivity contribution in [1.29, 1.82) is 0 Å². The van der Waals surface area contributed by atoms with Crippen LogP contribution >= 0.6 is 11.3 Å². The van der Waals surface area contributed by atoms with Gasteiger partial charge in [-0.3, -0.25) is 10.1 Å². The van der Waals surface area contributed by atoms with Crippen molar-refractivity contribution in [3.63, 3.8) is 0 Å². The van der Waals surface area contributed by atoms with Gasteiger partial charge in [0, 0.05) is 16.8 Å². The Kier molecular flexibility index (Phi) is 3.06. The Morgan fingerprint density at radius 1 is 1.53 bits per heavy atom. The summed E-state index contributed by atoms with van der Waals surface area (Å²) in [7, 11) is 0. The second-order valence-corrected chi connectivity index (χ2v) is 4.70. The Morgan fingerprint density at radius 2 is 2.29 bits per heavy atom. The number of nitrogens with one attached hydrogen (secondary N) is 1. The molecule has 0 fully saturated rings. The number of nitrogen functional groups attached to an aromatic ring is 1. The van der Waals surface area contributed by atoms with Gasteiger partial charge < -0.3 is 5.73 Å². The molecule has 0 saturated heterocycles. The first-order valence-corrected chi connectivity index (χ1v) is 5.67. The maximum absolute atomic E-state index is 12.8. The van der Waals surface area contributed by atoms with E-state index >= 15 is 0 Å². The van der Waals surface area contributed by atoms with E-state index in [1.54, 1.807) is 6.20 Å². The molecule has 88 valence electrons. The number of halogens is 1. The van der Waals surface area contributed by atoms with Gasteiger partial charge in [-0.1, -0.05) is 0 Å². The van der Waals surface area contributed by atoms with Crippen LogP contribution in [0.4, 0.5) is 15.2 Å². The van der Waals surface area contributed by atoms with E-state index in [2.05, 4.69) is 10.3 Å². The number of aromatic nitrogens is 1. The van der Waals surface area contributed by atoms with Gasteiger partial charge in [0.2, 0.25) is 0 Å². The van der Waals surface area contributed by atoms with Crippen LogP contribution in [0.2, 0.25) is 0 Å². The first-order chi connectivity index (χ1) is 8.06. The normalized spacial score (nSPS) is 10.2. The average molecular weight is 251 g/mol. The Morgan fingerprint density at radius 3 is 2.88 bits per heavy atom. The third kappa shape index (κ3) is 2.59. The molecule has 6 heteroatoms. The highest BCUT2D eigenvalue weighted by molar-refractivity contribution is 7.15. The number of hydrogen-bond acceptors (Lipinski definition) is 4. The number of anilines is 2. The van der Waals surface area contributed by atoms with E-state index in [9.17, 15) is 9.18 Å². The summed E-state index contributed by atoms with van der Waals surface area (Å²) in [5.74, 6) is -0.860. The number of hydrogen-bond donors (Lipinski definition) is 2. The molecular formula is C11H10FN3OS. The lowest BCUT2D eigenvalue weighted by molar-refractivity contribution is 0.102. The monoisotopic (exact) mass is 251 g/mol. The van der Waals surface area contributed by atoms with Crippen molar-refractivity contribution >= 4 is 28.1 Å². The molecule has 17 heavy (non-hydrogen) atoms. The summed E-state index contributed by atoms with van der Waals surface area (Å²) in [5.41, 5.74) is 5.91. The third-order valence-corrected chi connectivity index (χ3v) is 2.93. The van der Waals surface area contributed by atoms with Crippen molar-refractivity contribution in [2.45, 2.75) is 6.92 Å². The number of nitrogens with two attached hydrogens (primary N) is 1. The lowest BCUT2D eigenvalue weighted by Crippen LogP contribution is -2.13. The van der Waals surface area contributed by atoms with Crippen molar-refractivity contribution in [2.75, 3.05) is 11.1 Å². The first kappa shape index (κ1) is 11.5. The summed E-state index contributed by atoms with van der Waals surface area (Å²) in [6.45, 7) is 1.89. The molecule has 0 atom stereocenters. The van der Waals surface area contributed by atoms with Gasteiger partial charge in [0.15, 0.2) is 5.13 Å². The van der Waals surface area contributed by atoms with Crippen molar-refractivity contribution in [1.82, 2.24) is 4.98 Å². The van der Waals surface area contributed by atoms with Crippen LogP contribution in [0, 0.1) is 12.7 Å². The summed E-state index contributed by atoms with van der Waals surface area (Å²) in [6.07, 6.45) is 1.66. The molecule has 0 bridgehead atoms. The highest BCUT2D eigenvalue weighted by Gasteiger charge is 2.11. The van der Waals surface area contributed by atoms with Crippen LogP contribution < -0.4 is 11.1 Å². The summed E-state index contributed by atoms with van der Waals surface area (Å²) >= 11 is 1.36. The van der Waals surface area contributed by atoms with E-state index in [0.29, 0.717) is 5.13 Å². The van der Waals surface area contributed by atoms with E-state index < -0.39 is 11.7 Å². The van der Waals surface area contributed by atoms with Crippen LogP contribution in [0.15, 0.2) is 24.4 Å². The summed E-state index contributed by atoms with van der Waals surface area (Å²) in [6, 6.07) is 3.65. The molecule has 1 aromatic carbocycles. The standard InChI is InChI=1S/C11H10FN3OS/c1-6-5-14-11(17-6)15-10(16)8-3-2-7(12)4-9(8)13/h2-5H,13H2,1H3,(H,14,15,16). The molecule has 3 N–H and O–H groups in total. The number of nitrogens with zero attached hydrogens (tertiary/aromatic N) is 1. The van der Waals surface area contributed by atoms with Gasteiger partial charge >= 0.3 is 0 Å². The molecule has 0 aliphatic heterocycles. The molecule has 0 unspecified atom stereocenters. The predicted molar refractivity (Wildman–Crippen MR) is 65.6 cm³/mol. The predicted octanol–water partition coefficient (Wildman–Crippen LogP) is 2.43. The number of amides is 1. The molecule has 1 heterocycles. The van der Waals surface area contributed by atoms with Crippen molar-refractivity contribution in [2.24, 2.45) is 0 Å². The van der Waals surface area contributed by atoms with Crippen LogP contribution in [0.1, 0.15) is 15.2 Å². The molecule has 0 radical (unpaired) electrons. The average Bonchev–Trinajstić information content (AvgIpc) is 2.63. The number of thiazole rings is 1. The minimum atomic E-state index is -0.468. The van der Waals surface area contributed by atoms with E-state index in [-0.39, 0.29) is 11.3 Å². The van der Waals surface area contributed by atoms with Gasteiger partial charge in [-0.15, -0.1) is 11.3 Å². The number of rotatable bonds is 2. The number of carbonyl (C=O) groups is 1. The molecule has 2 rings (SSSR count). The Bertz CT molecular complexity index is 568. The minimum absolute atomic E-state index is 0.107. The van der Waals surface area contributed by atoms with Crippen molar-refractivity contribution in [3.8, 4) is 0 Å². The Balaban J connectivity index is 2.20. The Labute approximate surface area is 101 Å². The van der Waals surface area contributed by atoms with Crippen LogP contribution in [-0.2, 0) is 0 Å². The quantitative estimate of drug-likeness (QED) is 0.805. The van der Waals surface area contributed by atoms with E-state index in [4.69, 9.17) is 5.73 Å². The summed E-state index contributed by atoms with van der Waals surface area (Å²) in [4.78, 5) is 16.8. The van der Waals surface area contributed by atoms with Gasteiger partial charge in [0.05, 0.1) is 5.56 Å². The van der Waals surface area contributed by atoms with E-state index in [1.165, 1.54) is 23.5 Å². The largest absolute Gasteiger partial charge is 0.398 e. The van der Waals surface area contributed by atoms with Crippen molar-refractivity contribution < 1.29 is 9.18 Å². The second kappa shape index (κ2) is 4.50. The second-order valence-electron chi connectivity index (χ2n) is 3.46. The molecule has 0 aliphatic rings. The SMILES string of the molecule is Cc1cnc(NC(=O)c2ccc(F)cc2N)s1. The molecule has 4 nitrogen and oxygen atoms in total. The Hall–Kier alpha value is -1.95. The van der Waals surface area contributed by atoms with Crippen LogP contribution in [0.25, 0.3) is 0 Å². The maximum atomic E-state index is 12.8. The van der Waals surface area contributed by atoms with E-state index in [0.717, 1.165) is 10.9 Å². The van der Waals surface area contributed by atoms with Gasteiger partial charge in [0.25, 0.3) is 5.91 Å².